The summed E-state index contributed by atoms with van der Waals surface area (Å²) in [5.74, 6) is 0. The highest BCUT2D eigenvalue weighted by Crippen LogP contribution is 2.28. The minimum atomic E-state index is 0.720. The van der Waals surface area contributed by atoms with Crippen LogP contribution in [-0.2, 0) is 0 Å². The van der Waals surface area contributed by atoms with Gasteiger partial charge < -0.3 is 11.1 Å². The normalized spacial score (nSPS) is 10.3. The van der Waals surface area contributed by atoms with Crippen LogP contribution in [0.3, 0.4) is 0 Å². The number of benzene rings is 2. The quantitative estimate of drug-likeness (QED) is 0.474. The number of rotatable bonds is 2. The van der Waals surface area contributed by atoms with Gasteiger partial charge in [0.1, 0.15) is 0 Å². The molecule has 0 radical (unpaired) electrons. The molecule has 0 aliphatic carbocycles. The first-order valence-electron chi connectivity index (χ1n) is 4.83. The Morgan fingerprint density at radius 2 is 1.82 bits per heavy atom. The molecule has 0 heterocycles. The smallest absolute Gasteiger partial charge is 0.0618 e. The number of anilines is 3. The van der Waals surface area contributed by atoms with Crippen molar-refractivity contribution in [3.05, 3.63) is 48.9 Å². The van der Waals surface area contributed by atoms with Crippen molar-refractivity contribution in [1.82, 2.24) is 0 Å². The lowest BCUT2D eigenvalue weighted by Gasteiger charge is -2.10. The van der Waals surface area contributed by atoms with Gasteiger partial charge >= 0.3 is 0 Å². The van der Waals surface area contributed by atoms with Gasteiger partial charge in [0.2, 0.25) is 0 Å². The summed E-state index contributed by atoms with van der Waals surface area (Å²) in [4.78, 5) is 0. The first-order valence-corrected chi connectivity index (χ1v) is 7.50. The second-order valence-electron chi connectivity index (χ2n) is 3.49. The maximum Gasteiger partial charge on any atom is 0.0618 e. The third-order valence-corrected chi connectivity index (χ3v) is 5.03. The molecule has 0 aromatic heterocycles. The molecule has 0 unspecified atom stereocenters. The molecule has 5 heteroatoms. The molecule has 2 rings (SSSR count). The Bertz CT molecular complexity index is 558. The highest BCUT2D eigenvalue weighted by atomic mass is 127. The Hall–Kier alpha value is -0.270. The van der Waals surface area contributed by atoms with Crippen molar-refractivity contribution in [2.24, 2.45) is 0 Å². The number of hydrogen-bond donors (Lipinski definition) is 2. The van der Waals surface area contributed by atoms with E-state index in [0.29, 0.717) is 0 Å². The summed E-state index contributed by atoms with van der Waals surface area (Å²) in [6, 6.07) is 11.9. The van der Waals surface area contributed by atoms with Crippen LogP contribution >= 0.6 is 54.5 Å². The van der Waals surface area contributed by atoms with Crippen molar-refractivity contribution < 1.29 is 0 Å². The molecule has 0 spiro atoms. The zero-order valence-corrected chi connectivity index (χ0v) is 14.0. The Morgan fingerprint density at radius 3 is 2.47 bits per heavy atom. The zero-order chi connectivity index (χ0) is 12.4. The van der Waals surface area contributed by atoms with Gasteiger partial charge in [-0.1, -0.05) is 15.9 Å². The van der Waals surface area contributed by atoms with E-state index in [0.717, 1.165) is 29.6 Å². The highest BCUT2D eigenvalue weighted by molar-refractivity contribution is 14.1. The molecule has 0 amide bonds. The van der Waals surface area contributed by atoms with Crippen LogP contribution in [-0.4, -0.2) is 0 Å². The average molecular weight is 468 g/mol. The predicted octanol–water partition coefficient (Wildman–Crippen LogP) is 5.14. The number of nitrogen functional groups attached to an aromatic ring is 1. The monoisotopic (exact) mass is 466 g/mol. The summed E-state index contributed by atoms with van der Waals surface area (Å²) in [5.41, 5.74) is 8.58. The van der Waals surface area contributed by atoms with E-state index in [4.69, 9.17) is 5.73 Å². The number of halogens is 3. The maximum atomic E-state index is 5.93. The molecule has 0 saturated heterocycles. The van der Waals surface area contributed by atoms with E-state index in [9.17, 15) is 0 Å². The van der Waals surface area contributed by atoms with E-state index in [-0.39, 0.29) is 0 Å². The predicted molar refractivity (Wildman–Crippen MR) is 88.7 cm³/mol. The van der Waals surface area contributed by atoms with Crippen molar-refractivity contribution in [1.29, 1.82) is 0 Å². The first-order chi connectivity index (χ1) is 8.06. The second kappa shape index (κ2) is 5.58. The lowest BCUT2D eigenvalue weighted by atomic mass is 10.2. The van der Waals surface area contributed by atoms with Crippen LogP contribution in [0.2, 0.25) is 0 Å². The third kappa shape index (κ3) is 3.35. The Balaban J connectivity index is 2.28. The Labute approximate surface area is 130 Å². The largest absolute Gasteiger partial charge is 0.397 e. The maximum absolute atomic E-state index is 5.93. The van der Waals surface area contributed by atoms with Gasteiger partial charge in [0.25, 0.3) is 0 Å². The van der Waals surface area contributed by atoms with Crippen molar-refractivity contribution in [2.75, 3.05) is 11.1 Å². The topological polar surface area (TPSA) is 38.0 Å². The van der Waals surface area contributed by atoms with Gasteiger partial charge in [-0.2, -0.15) is 0 Å². The fourth-order valence-electron chi connectivity index (χ4n) is 1.38. The van der Waals surface area contributed by atoms with Gasteiger partial charge in [0, 0.05) is 18.2 Å². The van der Waals surface area contributed by atoms with Crippen LogP contribution in [0.1, 0.15) is 0 Å². The van der Waals surface area contributed by atoms with Gasteiger partial charge in [-0.05, 0) is 74.9 Å². The van der Waals surface area contributed by atoms with Gasteiger partial charge in [0.05, 0.1) is 11.4 Å². The summed E-state index contributed by atoms with van der Waals surface area (Å²) in [6.45, 7) is 0. The first kappa shape index (κ1) is 13.2. The zero-order valence-electron chi connectivity index (χ0n) is 8.68. The third-order valence-electron chi connectivity index (χ3n) is 2.21. The number of nitrogens with two attached hydrogens (primary N) is 1. The van der Waals surface area contributed by atoms with E-state index in [1.54, 1.807) is 0 Å². The molecule has 2 nitrogen and oxygen atoms in total. The summed E-state index contributed by atoms with van der Waals surface area (Å²) in [6.07, 6.45) is 0. The van der Waals surface area contributed by atoms with Crippen molar-refractivity contribution in [2.45, 2.75) is 0 Å². The molecule has 0 atom stereocenters. The van der Waals surface area contributed by atoms with Crippen LogP contribution in [0.5, 0.6) is 0 Å². The van der Waals surface area contributed by atoms with Crippen molar-refractivity contribution in [3.63, 3.8) is 0 Å². The Morgan fingerprint density at radius 1 is 1.06 bits per heavy atom. The highest BCUT2D eigenvalue weighted by Gasteiger charge is 2.02. The van der Waals surface area contributed by atoms with Crippen molar-refractivity contribution in [3.8, 4) is 0 Å². The molecule has 0 bridgehead atoms. The fraction of sp³-hybridized carbons (Fsp3) is 0. The molecule has 0 aliphatic heterocycles. The Kier molecular flexibility index (Phi) is 4.32. The molecule has 2 aromatic carbocycles. The van der Waals surface area contributed by atoms with E-state index in [1.807, 2.05) is 30.3 Å². The van der Waals surface area contributed by atoms with Gasteiger partial charge in [-0.3, -0.25) is 0 Å². The molecule has 0 aliphatic rings. The molecular formula is C12H9Br2IN2. The summed E-state index contributed by atoms with van der Waals surface area (Å²) < 4.78 is 3.22. The summed E-state index contributed by atoms with van der Waals surface area (Å²) in [5, 5.41) is 3.30. The lowest BCUT2D eigenvalue weighted by molar-refractivity contribution is 1.50. The van der Waals surface area contributed by atoms with Crippen LogP contribution in [0.25, 0.3) is 0 Å². The van der Waals surface area contributed by atoms with Gasteiger partial charge in [-0.25, -0.2) is 0 Å². The minimum absolute atomic E-state index is 0.720. The number of nitrogens with one attached hydrogen (secondary N) is 1. The molecule has 2 aromatic rings. The van der Waals surface area contributed by atoms with E-state index in [2.05, 4.69) is 65.8 Å². The molecule has 0 fully saturated rings. The summed E-state index contributed by atoms with van der Waals surface area (Å²) >= 11 is 9.14. The number of hydrogen-bond acceptors (Lipinski definition) is 2. The van der Waals surface area contributed by atoms with Crippen LogP contribution in [0.15, 0.2) is 45.3 Å². The molecule has 3 N–H and O–H groups in total. The second-order valence-corrected chi connectivity index (χ2v) is 6.42. The van der Waals surface area contributed by atoms with Gasteiger partial charge in [-0.15, -0.1) is 0 Å². The van der Waals surface area contributed by atoms with Crippen LogP contribution in [0, 0.1) is 3.57 Å². The summed E-state index contributed by atoms with van der Waals surface area (Å²) in [7, 11) is 0. The lowest BCUT2D eigenvalue weighted by Crippen LogP contribution is -1.96. The van der Waals surface area contributed by atoms with Crippen LogP contribution < -0.4 is 11.1 Å². The minimum Gasteiger partial charge on any atom is -0.397 e. The van der Waals surface area contributed by atoms with E-state index in [1.165, 1.54) is 0 Å². The average Bonchev–Trinajstić information content (AvgIpc) is 2.27. The standard InChI is InChI=1S/C12H9Br2IN2/c13-7-1-4-12(11(16)5-7)17-8-2-3-9(14)10(15)6-8/h1-6,17H,16H2. The molecular weight excluding hydrogens is 459 g/mol. The van der Waals surface area contributed by atoms with Crippen molar-refractivity contribution >= 4 is 71.5 Å². The van der Waals surface area contributed by atoms with Gasteiger partial charge in [0.15, 0.2) is 0 Å². The van der Waals surface area contributed by atoms with E-state index >= 15 is 0 Å². The molecule has 17 heavy (non-hydrogen) atoms. The molecule has 0 saturated carbocycles. The van der Waals surface area contributed by atoms with Crippen LogP contribution in [0.4, 0.5) is 17.1 Å². The molecule has 88 valence electrons. The van der Waals surface area contributed by atoms with E-state index < -0.39 is 0 Å². The fourth-order valence-corrected chi connectivity index (χ4v) is 2.52. The SMILES string of the molecule is Nc1cc(Br)ccc1Nc1ccc(Br)c(I)c1.